The van der Waals surface area contributed by atoms with Crippen LogP contribution in [-0.2, 0) is 0 Å². The first-order valence-corrected chi connectivity index (χ1v) is 6.08. The average molecular weight is 306 g/mol. The maximum absolute atomic E-state index is 12.4. The first-order valence-electron chi connectivity index (χ1n) is 6.08. The molecule has 0 saturated carbocycles. The summed E-state index contributed by atoms with van der Waals surface area (Å²) in [5.74, 6) is 0.0722. The molecular formula is C13H21Cl2N3O. The number of pyridine rings is 1. The summed E-state index contributed by atoms with van der Waals surface area (Å²) in [5, 5.41) is 0. The van der Waals surface area contributed by atoms with E-state index in [-0.39, 0.29) is 36.8 Å². The maximum Gasteiger partial charge on any atom is 0.255 e. The number of nitrogens with zero attached hydrogens (tertiary/aromatic N) is 2. The molecule has 1 aliphatic heterocycles. The summed E-state index contributed by atoms with van der Waals surface area (Å²) in [5.41, 5.74) is 8.14. The van der Waals surface area contributed by atoms with Crippen LogP contribution in [0, 0.1) is 13.8 Å². The Morgan fingerprint density at radius 3 is 2.68 bits per heavy atom. The zero-order valence-electron chi connectivity index (χ0n) is 11.3. The summed E-state index contributed by atoms with van der Waals surface area (Å²) < 4.78 is 0. The van der Waals surface area contributed by atoms with Gasteiger partial charge in [0.25, 0.3) is 5.91 Å². The molecule has 0 aromatic carbocycles. The van der Waals surface area contributed by atoms with Crippen LogP contribution in [0.25, 0.3) is 0 Å². The molecule has 0 radical (unpaired) electrons. The van der Waals surface area contributed by atoms with E-state index in [0.29, 0.717) is 12.1 Å². The smallest absolute Gasteiger partial charge is 0.255 e. The van der Waals surface area contributed by atoms with E-state index in [1.54, 1.807) is 0 Å². The molecule has 108 valence electrons. The molecule has 0 bridgehead atoms. The van der Waals surface area contributed by atoms with E-state index < -0.39 is 0 Å². The number of aryl methyl sites for hydroxylation is 2. The molecule has 1 amide bonds. The number of carbonyl (C=O) groups excluding carboxylic acids is 1. The van der Waals surface area contributed by atoms with Crippen LogP contribution in [-0.4, -0.2) is 34.9 Å². The van der Waals surface area contributed by atoms with E-state index in [1.165, 1.54) is 0 Å². The lowest BCUT2D eigenvalue weighted by atomic mass is 10.1. The number of halogens is 2. The van der Waals surface area contributed by atoms with Gasteiger partial charge in [-0.15, -0.1) is 24.8 Å². The van der Waals surface area contributed by atoms with Crippen molar-refractivity contribution in [1.82, 2.24) is 9.88 Å². The van der Waals surface area contributed by atoms with Crippen molar-refractivity contribution in [2.24, 2.45) is 5.73 Å². The highest BCUT2D eigenvalue weighted by Crippen LogP contribution is 2.20. The van der Waals surface area contributed by atoms with Crippen molar-refractivity contribution in [2.75, 3.05) is 13.1 Å². The predicted molar refractivity (Wildman–Crippen MR) is 81.3 cm³/mol. The van der Waals surface area contributed by atoms with Gasteiger partial charge in [-0.1, -0.05) is 0 Å². The van der Waals surface area contributed by atoms with Gasteiger partial charge >= 0.3 is 0 Å². The second-order valence-corrected chi connectivity index (χ2v) is 4.62. The molecule has 1 saturated heterocycles. The van der Waals surface area contributed by atoms with Gasteiger partial charge in [-0.05, 0) is 38.8 Å². The van der Waals surface area contributed by atoms with Gasteiger partial charge < -0.3 is 10.6 Å². The van der Waals surface area contributed by atoms with Crippen LogP contribution in [0.5, 0.6) is 0 Å². The Labute approximate surface area is 126 Å². The topological polar surface area (TPSA) is 59.2 Å². The summed E-state index contributed by atoms with van der Waals surface area (Å²) in [6.45, 7) is 5.17. The third-order valence-electron chi connectivity index (χ3n) is 3.37. The third kappa shape index (κ3) is 3.81. The van der Waals surface area contributed by atoms with Crippen LogP contribution in [0.1, 0.15) is 34.6 Å². The van der Waals surface area contributed by atoms with Gasteiger partial charge in [0.1, 0.15) is 0 Å². The van der Waals surface area contributed by atoms with Crippen LogP contribution in [0.3, 0.4) is 0 Å². The van der Waals surface area contributed by atoms with Gasteiger partial charge in [-0.3, -0.25) is 9.78 Å². The second kappa shape index (κ2) is 7.68. The van der Waals surface area contributed by atoms with Gasteiger partial charge in [0.15, 0.2) is 0 Å². The Bertz CT molecular complexity index is 440. The Morgan fingerprint density at radius 2 is 2.11 bits per heavy atom. The highest BCUT2D eigenvalue weighted by molar-refractivity contribution is 5.95. The quantitative estimate of drug-likeness (QED) is 0.910. The lowest BCUT2D eigenvalue weighted by molar-refractivity contribution is 0.0740. The standard InChI is InChI=1S/C13H19N3O.2ClH/c1-9-5-6-12(10(2)15-9)13(17)16-7-3-4-11(16)8-14;;/h5-6,11H,3-4,7-8,14H2,1-2H3;2*1H. The van der Waals surface area contributed by atoms with Crippen LogP contribution in [0.2, 0.25) is 0 Å². The summed E-state index contributed by atoms with van der Waals surface area (Å²) in [7, 11) is 0. The van der Waals surface area contributed by atoms with Gasteiger partial charge in [-0.25, -0.2) is 0 Å². The van der Waals surface area contributed by atoms with Gasteiger partial charge in [0.05, 0.1) is 11.3 Å². The molecule has 6 heteroatoms. The normalized spacial score (nSPS) is 17.6. The molecule has 1 aliphatic rings. The molecule has 19 heavy (non-hydrogen) atoms. The molecule has 0 aliphatic carbocycles. The summed E-state index contributed by atoms with van der Waals surface area (Å²) in [4.78, 5) is 18.6. The highest BCUT2D eigenvalue weighted by atomic mass is 35.5. The number of aromatic nitrogens is 1. The minimum atomic E-state index is 0. The van der Waals surface area contributed by atoms with Crippen molar-refractivity contribution < 1.29 is 4.79 Å². The Balaban J connectivity index is 0.00000162. The predicted octanol–water partition coefficient (Wildman–Crippen LogP) is 2.11. The zero-order chi connectivity index (χ0) is 12.4. The Hall–Kier alpha value is -0.840. The fraction of sp³-hybridized carbons (Fsp3) is 0.538. The number of carbonyl (C=O) groups is 1. The molecule has 4 nitrogen and oxygen atoms in total. The number of rotatable bonds is 2. The van der Waals surface area contributed by atoms with E-state index in [9.17, 15) is 4.79 Å². The summed E-state index contributed by atoms with van der Waals surface area (Å²) >= 11 is 0. The van der Waals surface area contributed by atoms with Gasteiger partial charge in [0.2, 0.25) is 0 Å². The van der Waals surface area contributed by atoms with Crippen molar-refractivity contribution >= 4 is 30.7 Å². The Morgan fingerprint density at radius 1 is 1.42 bits per heavy atom. The van der Waals surface area contributed by atoms with Crippen LogP contribution in [0.15, 0.2) is 12.1 Å². The molecule has 2 rings (SSSR count). The molecule has 1 atom stereocenters. The number of hydrogen-bond acceptors (Lipinski definition) is 3. The molecule has 1 unspecified atom stereocenters. The van der Waals surface area contributed by atoms with Crippen molar-refractivity contribution in [2.45, 2.75) is 32.7 Å². The fourth-order valence-electron chi connectivity index (χ4n) is 2.42. The molecule has 1 aromatic rings. The third-order valence-corrected chi connectivity index (χ3v) is 3.37. The van der Waals surface area contributed by atoms with E-state index in [0.717, 1.165) is 30.8 Å². The average Bonchev–Trinajstić information content (AvgIpc) is 2.76. The second-order valence-electron chi connectivity index (χ2n) is 4.62. The summed E-state index contributed by atoms with van der Waals surface area (Å²) in [6, 6.07) is 3.95. The molecule has 2 heterocycles. The lowest BCUT2D eigenvalue weighted by Crippen LogP contribution is -2.40. The lowest BCUT2D eigenvalue weighted by Gasteiger charge is -2.24. The van der Waals surface area contributed by atoms with Crippen molar-refractivity contribution in [3.8, 4) is 0 Å². The first-order chi connectivity index (χ1) is 8.13. The fourth-order valence-corrected chi connectivity index (χ4v) is 2.42. The molecular weight excluding hydrogens is 285 g/mol. The van der Waals surface area contributed by atoms with Crippen LogP contribution < -0.4 is 5.73 Å². The molecule has 0 spiro atoms. The number of amides is 1. The first kappa shape index (κ1) is 18.2. The largest absolute Gasteiger partial charge is 0.334 e. The van der Waals surface area contributed by atoms with E-state index in [1.807, 2.05) is 30.9 Å². The zero-order valence-corrected chi connectivity index (χ0v) is 12.9. The number of nitrogens with two attached hydrogens (primary N) is 1. The van der Waals surface area contributed by atoms with Crippen LogP contribution >= 0.6 is 24.8 Å². The SMILES string of the molecule is Cc1ccc(C(=O)N2CCCC2CN)c(C)n1.Cl.Cl. The van der Waals surface area contributed by atoms with Crippen molar-refractivity contribution in [3.63, 3.8) is 0 Å². The van der Waals surface area contributed by atoms with Gasteiger partial charge in [0, 0.05) is 24.8 Å². The monoisotopic (exact) mass is 305 g/mol. The van der Waals surface area contributed by atoms with E-state index in [2.05, 4.69) is 4.98 Å². The van der Waals surface area contributed by atoms with Crippen LogP contribution in [0.4, 0.5) is 0 Å². The van der Waals surface area contributed by atoms with Gasteiger partial charge in [-0.2, -0.15) is 0 Å². The number of likely N-dealkylation sites (tertiary alicyclic amines) is 1. The summed E-state index contributed by atoms with van der Waals surface area (Å²) in [6.07, 6.45) is 2.06. The van der Waals surface area contributed by atoms with Crippen molar-refractivity contribution in [1.29, 1.82) is 0 Å². The molecule has 1 fully saturated rings. The van der Waals surface area contributed by atoms with E-state index in [4.69, 9.17) is 5.73 Å². The Kier molecular flexibility index (Phi) is 7.34. The maximum atomic E-state index is 12.4. The molecule has 1 aromatic heterocycles. The van der Waals surface area contributed by atoms with Crippen molar-refractivity contribution in [3.05, 3.63) is 29.1 Å². The van der Waals surface area contributed by atoms with E-state index >= 15 is 0 Å². The highest BCUT2D eigenvalue weighted by Gasteiger charge is 2.29. The molecule has 2 N–H and O–H groups in total. The minimum Gasteiger partial charge on any atom is -0.334 e. The minimum absolute atomic E-state index is 0. The number of hydrogen-bond donors (Lipinski definition) is 1.